The van der Waals surface area contributed by atoms with E-state index in [1.807, 2.05) is 0 Å². The largest absolute Gasteiger partial charge is 0.480 e. The summed E-state index contributed by atoms with van der Waals surface area (Å²) in [5, 5.41) is 8.83. The van der Waals surface area contributed by atoms with Gasteiger partial charge in [0.1, 0.15) is 10.9 Å². The first-order valence-electron chi connectivity index (χ1n) is 5.60. The van der Waals surface area contributed by atoms with Crippen molar-refractivity contribution in [3.63, 3.8) is 0 Å². The molecule has 1 N–H and O–H groups in total. The predicted molar refractivity (Wildman–Crippen MR) is 67.5 cm³/mol. The van der Waals surface area contributed by atoms with E-state index >= 15 is 0 Å². The van der Waals surface area contributed by atoms with E-state index in [0.29, 0.717) is 12.5 Å². The quantitative estimate of drug-likeness (QED) is 0.822. The maximum atomic E-state index is 12.1. The van der Waals surface area contributed by atoms with Crippen molar-refractivity contribution < 1.29 is 23.1 Å². The summed E-state index contributed by atoms with van der Waals surface area (Å²) in [4.78, 5) is 14.6. The topological polar surface area (TPSA) is 96.8 Å². The molecule has 106 valence electrons. The highest BCUT2D eigenvalue weighted by molar-refractivity contribution is 7.89. The van der Waals surface area contributed by atoms with E-state index < -0.39 is 22.0 Å². The molecule has 0 aliphatic carbocycles. The first-order valence-corrected chi connectivity index (χ1v) is 7.04. The maximum Gasteiger partial charge on any atom is 0.321 e. The number of pyridine rings is 1. The minimum Gasteiger partial charge on any atom is -0.480 e. The van der Waals surface area contributed by atoms with Gasteiger partial charge < -0.3 is 9.84 Å². The number of rotatable bonds is 6. The number of carboxylic acid groups (broad SMARTS) is 1. The standard InChI is InChI=1S/C11H16N2O5S/c1-4-18-10-6-5-9(7-12-10)19(16,17)13(3)8(2)11(14)15/h5-8H,4H2,1-3H3,(H,14,15). The van der Waals surface area contributed by atoms with Crippen LogP contribution in [0.2, 0.25) is 0 Å². The molecular formula is C11H16N2O5S. The van der Waals surface area contributed by atoms with Crippen LogP contribution in [0.4, 0.5) is 0 Å². The van der Waals surface area contributed by atoms with Crippen molar-refractivity contribution in [1.29, 1.82) is 0 Å². The summed E-state index contributed by atoms with van der Waals surface area (Å²) in [7, 11) is -2.67. The minimum absolute atomic E-state index is 0.0773. The van der Waals surface area contributed by atoms with Gasteiger partial charge in [0, 0.05) is 13.1 Å². The van der Waals surface area contributed by atoms with Crippen LogP contribution in [0.1, 0.15) is 13.8 Å². The molecule has 8 heteroatoms. The maximum absolute atomic E-state index is 12.1. The molecule has 0 radical (unpaired) electrons. The summed E-state index contributed by atoms with van der Waals surface area (Å²) >= 11 is 0. The van der Waals surface area contributed by atoms with Gasteiger partial charge in [0.2, 0.25) is 15.9 Å². The Labute approximate surface area is 111 Å². The van der Waals surface area contributed by atoms with Gasteiger partial charge in [-0.2, -0.15) is 4.31 Å². The van der Waals surface area contributed by atoms with Gasteiger partial charge in [-0.3, -0.25) is 4.79 Å². The Morgan fingerprint density at radius 2 is 2.16 bits per heavy atom. The summed E-state index contributed by atoms with van der Waals surface area (Å²) in [6, 6.07) is 1.60. The molecule has 0 spiro atoms. The second kappa shape index (κ2) is 5.98. The van der Waals surface area contributed by atoms with Crippen LogP contribution in [0, 0.1) is 0 Å². The fraction of sp³-hybridized carbons (Fsp3) is 0.455. The number of carbonyl (C=O) groups is 1. The Morgan fingerprint density at radius 3 is 2.58 bits per heavy atom. The predicted octanol–water partition coefficient (Wildman–Crippen LogP) is 0.574. The van der Waals surface area contributed by atoms with E-state index in [1.54, 1.807) is 6.92 Å². The van der Waals surface area contributed by atoms with Crippen LogP contribution in [0.5, 0.6) is 5.88 Å². The average Bonchev–Trinajstić information content (AvgIpc) is 2.37. The van der Waals surface area contributed by atoms with Gasteiger partial charge in [0.15, 0.2) is 0 Å². The van der Waals surface area contributed by atoms with E-state index in [4.69, 9.17) is 9.84 Å². The lowest BCUT2D eigenvalue weighted by Gasteiger charge is -2.20. The number of ether oxygens (including phenoxy) is 1. The summed E-state index contributed by atoms with van der Waals surface area (Å²) in [5.74, 6) is -0.902. The number of nitrogens with zero attached hydrogens (tertiary/aromatic N) is 2. The lowest BCUT2D eigenvalue weighted by atomic mass is 10.4. The molecule has 0 fully saturated rings. The Bertz CT molecular complexity index is 541. The lowest BCUT2D eigenvalue weighted by molar-refractivity contribution is -0.140. The van der Waals surface area contributed by atoms with Crippen molar-refractivity contribution in [3.8, 4) is 5.88 Å². The number of aliphatic carboxylic acids is 1. The monoisotopic (exact) mass is 288 g/mol. The van der Waals surface area contributed by atoms with E-state index in [0.717, 1.165) is 10.5 Å². The van der Waals surface area contributed by atoms with Crippen LogP contribution in [0.25, 0.3) is 0 Å². The van der Waals surface area contributed by atoms with Crippen molar-refractivity contribution in [3.05, 3.63) is 18.3 Å². The summed E-state index contributed by atoms with van der Waals surface area (Å²) in [6.45, 7) is 3.51. The Hall–Kier alpha value is -1.67. The van der Waals surface area contributed by atoms with Crippen LogP contribution in [0.3, 0.4) is 0 Å². The van der Waals surface area contributed by atoms with Crippen LogP contribution in [-0.2, 0) is 14.8 Å². The molecule has 1 heterocycles. The zero-order chi connectivity index (χ0) is 14.6. The Kier molecular flexibility index (Phi) is 4.84. The summed E-state index contributed by atoms with van der Waals surface area (Å²) in [6.07, 6.45) is 1.14. The second-order valence-electron chi connectivity index (χ2n) is 3.80. The first-order chi connectivity index (χ1) is 8.80. The average molecular weight is 288 g/mol. The molecule has 1 aromatic rings. The van der Waals surface area contributed by atoms with Crippen molar-refractivity contribution >= 4 is 16.0 Å². The van der Waals surface area contributed by atoms with Gasteiger partial charge in [-0.25, -0.2) is 13.4 Å². The third kappa shape index (κ3) is 3.42. The van der Waals surface area contributed by atoms with E-state index in [1.165, 1.54) is 26.1 Å². The molecule has 0 saturated heterocycles. The van der Waals surface area contributed by atoms with E-state index in [-0.39, 0.29) is 4.90 Å². The zero-order valence-electron chi connectivity index (χ0n) is 10.9. The van der Waals surface area contributed by atoms with Gasteiger partial charge in [-0.15, -0.1) is 0 Å². The van der Waals surface area contributed by atoms with Crippen LogP contribution in [0.15, 0.2) is 23.2 Å². The minimum atomic E-state index is -3.88. The number of hydrogen-bond acceptors (Lipinski definition) is 5. The summed E-state index contributed by atoms with van der Waals surface area (Å²) in [5.41, 5.74) is 0. The Balaban J connectivity index is 3.03. The van der Waals surface area contributed by atoms with Gasteiger partial charge >= 0.3 is 5.97 Å². The molecule has 7 nitrogen and oxygen atoms in total. The molecule has 0 aliphatic heterocycles. The van der Waals surface area contributed by atoms with Gasteiger partial charge in [-0.1, -0.05) is 0 Å². The Morgan fingerprint density at radius 1 is 1.53 bits per heavy atom. The fourth-order valence-corrected chi connectivity index (χ4v) is 2.55. The first kappa shape index (κ1) is 15.4. The number of carboxylic acids is 1. The molecule has 1 atom stereocenters. The van der Waals surface area contributed by atoms with Crippen molar-refractivity contribution in [2.45, 2.75) is 24.8 Å². The van der Waals surface area contributed by atoms with Gasteiger partial charge in [-0.05, 0) is 19.9 Å². The summed E-state index contributed by atoms with van der Waals surface area (Å²) < 4.78 is 30.1. The molecule has 1 rings (SSSR count). The molecule has 0 amide bonds. The SMILES string of the molecule is CCOc1ccc(S(=O)(=O)N(C)C(C)C(=O)O)cn1. The lowest BCUT2D eigenvalue weighted by Crippen LogP contribution is -2.40. The third-order valence-electron chi connectivity index (χ3n) is 2.58. The van der Waals surface area contributed by atoms with Crippen LogP contribution < -0.4 is 4.74 Å². The number of sulfonamides is 1. The molecule has 0 bridgehead atoms. The number of likely N-dealkylation sites (N-methyl/N-ethyl adjacent to an activating group) is 1. The highest BCUT2D eigenvalue weighted by atomic mass is 32.2. The highest BCUT2D eigenvalue weighted by Crippen LogP contribution is 2.18. The molecule has 19 heavy (non-hydrogen) atoms. The van der Waals surface area contributed by atoms with Crippen molar-refractivity contribution in [2.24, 2.45) is 0 Å². The van der Waals surface area contributed by atoms with Gasteiger partial charge in [0.25, 0.3) is 0 Å². The molecule has 1 unspecified atom stereocenters. The smallest absolute Gasteiger partial charge is 0.321 e. The number of hydrogen-bond donors (Lipinski definition) is 1. The molecule has 0 saturated carbocycles. The molecular weight excluding hydrogens is 272 g/mol. The normalized spacial score (nSPS) is 13.3. The second-order valence-corrected chi connectivity index (χ2v) is 5.80. The van der Waals surface area contributed by atoms with Crippen LogP contribution in [-0.4, -0.2) is 48.5 Å². The zero-order valence-corrected chi connectivity index (χ0v) is 11.7. The van der Waals surface area contributed by atoms with Crippen LogP contribution >= 0.6 is 0 Å². The van der Waals surface area contributed by atoms with E-state index in [2.05, 4.69) is 4.98 Å². The molecule has 0 aromatic carbocycles. The third-order valence-corrected chi connectivity index (χ3v) is 4.49. The molecule has 1 aromatic heterocycles. The highest BCUT2D eigenvalue weighted by Gasteiger charge is 2.29. The van der Waals surface area contributed by atoms with Crippen molar-refractivity contribution in [2.75, 3.05) is 13.7 Å². The van der Waals surface area contributed by atoms with Crippen molar-refractivity contribution in [1.82, 2.24) is 9.29 Å². The van der Waals surface area contributed by atoms with E-state index in [9.17, 15) is 13.2 Å². The van der Waals surface area contributed by atoms with Gasteiger partial charge in [0.05, 0.1) is 12.8 Å². The number of aromatic nitrogens is 1. The fourth-order valence-electron chi connectivity index (χ4n) is 1.28. The molecule has 0 aliphatic rings.